The number of carbonyl (C=O) groups is 1. The molecule has 0 aliphatic heterocycles. The van der Waals surface area contributed by atoms with Gasteiger partial charge >= 0.3 is 5.97 Å². The second-order valence-electron chi connectivity index (χ2n) is 4.43. The number of carboxylic acid groups (broad SMARTS) is 1. The van der Waals surface area contributed by atoms with Gasteiger partial charge < -0.3 is 10.2 Å². The largest absolute Gasteiger partial charge is 0.478 e. The first-order valence-electron chi connectivity index (χ1n) is 6.08. The number of carboxylic acids is 1. The molecular formula is C15H15NO4. The summed E-state index contributed by atoms with van der Waals surface area (Å²) in [5, 5.41) is 30.1. The molecule has 1 atom stereocenters. The van der Waals surface area contributed by atoms with Gasteiger partial charge in [0.05, 0.1) is 5.69 Å². The average Bonchev–Trinajstić information content (AvgIpc) is 2.48. The lowest BCUT2D eigenvalue weighted by Crippen LogP contribution is -2.55. The lowest BCUT2D eigenvalue weighted by molar-refractivity contribution is -0.165. The molecule has 104 valence electrons. The number of hydroxylamine groups is 1. The molecule has 0 aliphatic rings. The topological polar surface area (TPSA) is 81.0 Å². The number of anilines is 1. The third-order valence-corrected chi connectivity index (χ3v) is 2.99. The Balaban J connectivity index is 2.32. The summed E-state index contributed by atoms with van der Waals surface area (Å²) < 4.78 is 0. The van der Waals surface area contributed by atoms with Gasteiger partial charge in [0.2, 0.25) is 0 Å². The summed E-state index contributed by atoms with van der Waals surface area (Å²) in [6.45, 7) is 0. The van der Waals surface area contributed by atoms with Crippen molar-refractivity contribution in [2.45, 2.75) is 12.1 Å². The first-order chi connectivity index (χ1) is 9.54. The average molecular weight is 273 g/mol. The number of hydrogen-bond acceptors (Lipinski definition) is 4. The predicted molar refractivity (Wildman–Crippen MR) is 73.4 cm³/mol. The van der Waals surface area contributed by atoms with Gasteiger partial charge in [-0.3, -0.25) is 5.21 Å². The van der Waals surface area contributed by atoms with Crippen molar-refractivity contribution in [3.8, 4) is 0 Å². The van der Waals surface area contributed by atoms with Gasteiger partial charge in [0.15, 0.2) is 0 Å². The molecular weight excluding hydrogens is 258 g/mol. The van der Waals surface area contributed by atoms with Crippen LogP contribution in [0.15, 0.2) is 60.7 Å². The predicted octanol–water partition coefficient (Wildman–Crippen LogP) is 1.90. The number of para-hydroxylation sites is 1. The molecule has 0 amide bonds. The molecule has 2 aromatic carbocycles. The summed E-state index contributed by atoms with van der Waals surface area (Å²) in [6.07, 6.45) is -0.242. The minimum atomic E-state index is -2.43. The van der Waals surface area contributed by atoms with Crippen molar-refractivity contribution in [1.82, 2.24) is 0 Å². The van der Waals surface area contributed by atoms with Crippen LogP contribution in [0, 0.1) is 0 Å². The van der Waals surface area contributed by atoms with Gasteiger partial charge in [0.1, 0.15) is 0 Å². The third-order valence-electron chi connectivity index (χ3n) is 2.99. The molecule has 5 nitrogen and oxygen atoms in total. The van der Waals surface area contributed by atoms with E-state index in [4.69, 9.17) is 0 Å². The van der Waals surface area contributed by atoms with Gasteiger partial charge in [-0.05, 0) is 17.7 Å². The van der Waals surface area contributed by atoms with Crippen molar-refractivity contribution in [1.29, 1.82) is 0 Å². The van der Waals surface area contributed by atoms with Crippen LogP contribution >= 0.6 is 0 Å². The Hall–Kier alpha value is -2.37. The third kappa shape index (κ3) is 2.79. The maximum atomic E-state index is 11.4. The molecule has 2 rings (SSSR count). The normalized spacial score (nSPS) is 13.5. The van der Waals surface area contributed by atoms with Crippen LogP contribution in [0.25, 0.3) is 0 Å². The lowest BCUT2D eigenvalue weighted by Gasteiger charge is -2.32. The zero-order valence-corrected chi connectivity index (χ0v) is 10.7. The summed E-state index contributed by atoms with van der Waals surface area (Å²) in [5.74, 6) is -1.52. The van der Waals surface area contributed by atoms with E-state index in [2.05, 4.69) is 0 Å². The van der Waals surface area contributed by atoms with E-state index < -0.39 is 11.7 Å². The van der Waals surface area contributed by atoms with Gasteiger partial charge in [-0.1, -0.05) is 48.5 Å². The Kier molecular flexibility index (Phi) is 4.02. The van der Waals surface area contributed by atoms with E-state index >= 15 is 0 Å². The van der Waals surface area contributed by atoms with Crippen molar-refractivity contribution >= 4 is 11.7 Å². The molecule has 0 spiro atoms. The van der Waals surface area contributed by atoms with E-state index in [0.29, 0.717) is 10.6 Å². The number of aliphatic carboxylic acids is 1. The van der Waals surface area contributed by atoms with Crippen LogP contribution in [0.3, 0.4) is 0 Å². The number of rotatable bonds is 5. The molecule has 0 unspecified atom stereocenters. The molecule has 0 saturated carbocycles. The molecule has 20 heavy (non-hydrogen) atoms. The summed E-state index contributed by atoms with van der Waals surface area (Å²) in [5.41, 5.74) is -1.62. The molecule has 0 aromatic heterocycles. The monoisotopic (exact) mass is 273 g/mol. The highest BCUT2D eigenvalue weighted by Gasteiger charge is 2.43. The summed E-state index contributed by atoms with van der Waals surface area (Å²) in [6, 6.07) is 16.7. The van der Waals surface area contributed by atoms with Gasteiger partial charge in [0, 0.05) is 6.42 Å². The van der Waals surface area contributed by atoms with Crippen LogP contribution in [0.5, 0.6) is 0 Å². The van der Waals surface area contributed by atoms with Crippen molar-refractivity contribution in [2.75, 3.05) is 5.06 Å². The maximum absolute atomic E-state index is 11.4. The zero-order chi connectivity index (χ0) is 14.6. The van der Waals surface area contributed by atoms with Crippen LogP contribution in [0.4, 0.5) is 5.69 Å². The molecule has 2 aromatic rings. The molecule has 0 heterocycles. The van der Waals surface area contributed by atoms with E-state index in [1.54, 1.807) is 48.5 Å². The van der Waals surface area contributed by atoms with Crippen molar-refractivity contribution in [3.05, 3.63) is 66.2 Å². The van der Waals surface area contributed by atoms with Gasteiger partial charge in [-0.25, -0.2) is 9.86 Å². The van der Waals surface area contributed by atoms with Crippen molar-refractivity contribution in [2.24, 2.45) is 0 Å². The molecule has 0 radical (unpaired) electrons. The smallest absolute Gasteiger partial charge is 0.359 e. The minimum Gasteiger partial charge on any atom is -0.478 e. The van der Waals surface area contributed by atoms with Crippen molar-refractivity contribution in [3.63, 3.8) is 0 Å². The molecule has 0 saturated heterocycles. The quantitative estimate of drug-likeness (QED) is 0.572. The fourth-order valence-corrected chi connectivity index (χ4v) is 1.90. The van der Waals surface area contributed by atoms with E-state index in [-0.39, 0.29) is 12.1 Å². The number of benzene rings is 2. The fourth-order valence-electron chi connectivity index (χ4n) is 1.90. The van der Waals surface area contributed by atoms with Gasteiger partial charge in [0.25, 0.3) is 5.72 Å². The summed E-state index contributed by atoms with van der Waals surface area (Å²) >= 11 is 0. The van der Waals surface area contributed by atoms with E-state index in [9.17, 15) is 20.2 Å². The van der Waals surface area contributed by atoms with Crippen LogP contribution in [-0.4, -0.2) is 27.1 Å². The zero-order valence-electron chi connectivity index (χ0n) is 10.7. The Labute approximate surface area is 116 Å². The first kappa shape index (κ1) is 14.0. The maximum Gasteiger partial charge on any atom is 0.359 e. The lowest BCUT2D eigenvalue weighted by atomic mass is 10.0. The van der Waals surface area contributed by atoms with Crippen LogP contribution in [0.2, 0.25) is 0 Å². The van der Waals surface area contributed by atoms with Crippen LogP contribution in [-0.2, 0) is 11.2 Å². The van der Waals surface area contributed by atoms with Crippen molar-refractivity contribution < 1.29 is 20.2 Å². The number of hydrogen-bond donors (Lipinski definition) is 3. The van der Waals surface area contributed by atoms with Crippen LogP contribution in [0.1, 0.15) is 5.56 Å². The van der Waals surface area contributed by atoms with E-state index in [0.717, 1.165) is 0 Å². The number of nitrogens with zero attached hydrogens (tertiary/aromatic N) is 1. The Morgan fingerprint density at radius 2 is 1.50 bits per heavy atom. The summed E-state index contributed by atoms with van der Waals surface area (Å²) in [7, 11) is 0. The second kappa shape index (κ2) is 5.73. The summed E-state index contributed by atoms with van der Waals surface area (Å²) in [4.78, 5) is 11.4. The van der Waals surface area contributed by atoms with Crippen LogP contribution < -0.4 is 5.06 Å². The Bertz CT molecular complexity index is 573. The Morgan fingerprint density at radius 1 is 1.00 bits per heavy atom. The Morgan fingerprint density at radius 3 is 2.00 bits per heavy atom. The van der Waals surface area contributed by atoms with E-state index in [1.807, 2.05) is 0 Å². The molecule has 0 aliphatic carbocycles. The SMILES string of the molecule is O=C(O)[C@](O)(Cc1ccccc1)N(O)c1ccccc1. The van der Waals surface area contributed by atoms with E-state index in [1.165, 1.54) is 12.1 Å². The second-order valence-corrected chi connectivity index (χ2v) is 4.43. The van der Waals surface area contributed by atoms with Gasteiger partial charge in [-0.2, -0.15) is 0 Å². The molecule has 5 heteroatoms. The molecule has 3 N–H and O–H groups in total. The highest BCUT2D eigenvalue weighted by Crippen LogP contribution is 2.24. The standard InChI is InChI=1S/C15H15NO4/c17-14(18)15(19,11-12-7-3-1-4-8-12)16(20)13-9-5-2-6-10-13/h1-10,19-20H,11H2,(H,17,18)/t15-/m1/s1. The first-order valence-corrected chi connectivity index (χ1v) is 6.08. The molecule has 0 bridgehead atoms. The molecule has 0 fully saturated rings. The number of aliphatic hydroxyl groups is 1. The minimum absolute atomic E-state index is 0.202. The van der Waals surface area contributed by atoms with Gasteiger partial charge in [-0.15, -0.1) is 0 Å². The highest BCUT2D eigenvalue weighted by molar-refractivity contribution is 5.81. The fraction of sp³-hybridized carbons (Fsp3) is 0.133. The highest BCUT2D eigenvalue weighted by atomic mass is 16.6.